The van der Waals surface area contributed by atoms with Crippen LogP contribution >= 0.6 is 11.3 Å². The average Bonchev–Trinajstić information content (AvgIpc) is 2.58. The Hall–Kier alpha value is -0.910. The first-order valence-corrected chi connectivity index (χ1v) is 6.57. The van der Waals surface area contributed by atoms with Crippen molar-refractivity contribution in [1.29, 1.82) is 0 Å². The number of hydrogen-bond acceptors (Lipinski definition) is 4. The van der Waals surface area contributed by atoms with Crippen molar-refractivity contribution >= 4 is 17.3 Å². The second-order valence-electron chi connectivity index (χ2n) is 4.68. The number of aromatic carboxylic acids is 1. The number of aliphatic hydroxyl groups is 1. The molecule has 0 aromatic carbocycles. The molecule has 0 atom stereocenters. The van der Waals surface area contributed by atoms with Crippen LogP contribution in [0.5, 0.6) is 0 Å². The van der Waals surface area contributed by atoms with Gasteiger partial charge in [0.15, 0.2) is 0 Å². The van der Waals surface area contributed by atoms with Crippen molar-refractivity contribution in [2.75, 3.05) is 6.54 Å². The molecule has 5 heteroatoms. The molecule has 0 bridgehead atoms. The molecule has 1 saturated carbocycles. The Morgan fingerprint density at radius 3 is 2.76 bits per heavy atom. The maximum Gasteiger partial charge on any atom is 0.345 e. The highest BCUT2D eigenvalue weighted by Crippen LogP contribution is 2.30. The molecule has 4 nitrogen and oxygen atoms in total. The number of hydrogen-bond donors (Lipinski definition) is 3. The third-order valence-electron chi connectivity index (χ3n) is 3.29. The van der Waals surface area contributed by atoms with Gasteiger partial charge >= 0.3 is 5.97 Å². The molecular weight excluding hydrogens is 238 g/mol. The Labute approximate surface area is 104 Å². The molecule has 0 amide bonds. The first kappa shape index (κ1) is 12.5. The van der Waals surface area contributed by atoms with Crippen molar-refractivity contribution in [3.8, 4) is 0 Å². The molecule has 1 aliphatic rings. The molecule has 1 aliphatic carbocycles. The highest BCUT2D eigenvalue weighted by Gasteiger charge is 2.33. The third kappa shape index (κ3) is 2.86. The van der Waals surface area contributed by atoms with E-state index >= 15 is 0 Å². The maximum atomic E-state index is 10.8. The van der Waals surface area contributed by atoms with Gasteiger partial charge in [-0.3, -0.25) is 0 Å². The van der Waals surface area contributed by atoms with E-state index < -0.39 is 11.6 Å². The van der Waals surface area contributed by atoms with Crippen molar-refractivity contribution in [3.05, 3.63) is 21.4 Å². The van der Waals surface area contributed by atoms with Crippen molar-refractivity contribution in [2.45, 2.75) is 38.3 Å². The van der Waals surface area contributed by atoms with Crippen LogP contribution in [0.25, 0.3) is 0 Å². The fourth-order valence-corrected chi connectivity index (χ4v) is 2.87. The smallest absolute Gasteiger partial charge is 0.345 e. The lowest BCUT2D eigenvalue weighted by molar-refractivity contribution is -0.0314. The molecule has 2 rings (SSSR count). The summed E-state index contributed by atoms with van der Waals surface area (Å²) in [5.74, 6) is -0.873. The number of thiophene rings is 1. The number of nitrogens with one attached hydrogen (secondary N) is 1. The van der Waals surface area contributed by atoms with Gasteiger partial charge in [-0.25, -0.2) is 4.79 Å². The summed E-state index contributed by atoms with van der Waals surface area (Å²) < 4.78 is 0. The van der Waals surface area contributed by atoms with Crippen LogP contribution in [0, 0.1) is 6.92 Å². The van der Waals surface area contributed by atoms with E-state index in [9.17, 15) is 9.90 Å². The lowest BCUT2D eigenvalue weighted by Crippen LogP contribution is -2.45. The first-order valence-electron chi connectivity index (χ1n) is 5.76. The number of carbonyl (C=O) groups is 1. The Morgan fingerprint density at radius 2 is 2.29 bits per heavy atom. The van der Waals surface area contributed by atoms with Crippen molar-refractivity contribution < 1.29 is 15.0 Å². The second kappa shape index (κ2) is 4.76. The number of rotatable bonds is 5. The molecule has 0 spiro atoms. The molecule has 3 N–H and O–H groups in total. The molecular formula is C12H17NO3S. The molecule has 0 aliphatic heterocycles. The van der Waals surface area contributed by atoms with Gasteiger partial charge in [-0.15, -0.1) is 11.3 Å². The normalized spacial score (nSPS) is 17.8. The van der Waals surface area contributed by atoms with Crippen LogP contribution in [0.1, 0.15) is 39.4 Å². The van der Waals surface area contributed by atoms with Crippen molar-refractivity contribution in [3.63, 3.8) is 0 Å². The van der Waals surface area contributed by atoms with E-state index in [1.165, 1.54) is 11.3 Å². The minimum atomic E-state index is -0.873. The summed E-state index contributed by atoms with van der Waals surface area (Å²) in [6.07, 6.45) is 2.82. The Bertz CT molecular complexity index is 423. The van der Waals surface area contributed by atoms with E-state index in [1.807, 2.05) is 6.92 Å². The zero-order chi connectivity index (χ0) is 12.5. The van der Waals surface area contributed by atoms with Gasteiger partial charge in [0.25, 0.3) is 0 Å². The van der Waals surface area contributed by atoms with Gasteiger partial charge < -0.3 is 15.5 Å². The van der Waals surface area contributed by atoms with Gasteiger partial charge in [0.05, 0.1) is 5.60 Å². The average molecular weight is 255 g/mol. The summed E-state index contributed by atoms with van der Waals surface area (Å²) in [5.41, 5.74) is 0.481. The van der Waals surface area contributed by atoms with E-state index in [-0.39, 0.29) is 0 Å². The molecule has 0 saturated heterocycles. The number of carboxylic acids is 1. The van der Waals surface area contributed by atoms with Gasteiger partial charge in [0, 0.05) is 18.0 Å². The maximum absolute atomic E-state index is 10.8. The molecule has 1 aromatic rings. The lowest BCUT2D eigenvalue weighted by Gasteiger charge is -2.36. The fourth-order valence-electron chi connectivity index (χ4n) is 1.99. The van der Waals surface area contributed by atoms with Gasteiger partial charge in [0.2, 0.25) is 0 Å². The minimum Gasteiger partial charge on any atom is -0.477 e. The summed E-state index contributed by atoms with van der Waals surface area (Å²) in [7, 11) is 0. The Kier molecular flexibility index (Phi) is 3.51. The van der Waals surface area contributed by atoms with Crippen LogP contribution in [0.4, 0.5) is 0 Å². The summed E-state index contributed by atoms with van der Waals surface area (Å²) in [6, 6.07) is 1.71. The number of carboxylic acid groups (broad SMARTS) is 1. The second-order valence-corrected chi connectivity index (χ2v) is 5.93. The van der Waals surface area contributed by atoms with E-state index in [2.05, 4.69) is 5.32 Å². The fraction of sp³-hybridized carbons (Fsp3) is 0.583. The van der Waals surface area contributed by atoms with E-state index in [0.29, 0.717) is 18.0 Å². The molecule has 0 radical (unpaired) electrons. The number of aryl methyl sites for hydroxylation is 1. The van der Waals surface area contributed by atoms with Crippen LogP contribution < -0.4 is 5.32 Å². The Balaban J connectivity index is 1.88. The molecule has 1 fully saturated rings. The SMILES string of the molecule is Cc1sc(C(=O)O)cc1CNCC1(O)CCC1. The molecule has 1 heterocycles. The minimum absolute atomic E-state index is 0.377. The van der Waals surface area contributed by atoms with Crippen LogP contribution in [-0.4, -0.2) is 28.3 Å². The topological polar surface area (TPSA) is 69.6 Å². The van der Waals surface area contributed by atoms with Crippen LogP contribution in [0.15, 0.2) is 6.07 Å². The van der Waals surface area contributed by atoms with Crippen LogP contribution in [-0.2, 0) is 6.54 Å². The summed E-state index contributed by atoms with van der Waals surface area (Å²) in [6.45, 7) is 3.13. The van der Waals surface area contributed by atoms with Gasteiger partial charge in [0.1, 0.15) is 4.88 Å². The largest absolute Gasteiger partial charge is 0.477 e. The van der Waals surface area contributed by atoms with E-state index in [0.717, 1.165) is 29.7 Å². The standard InChI is InChI=1S/C12H17NO3S/c1-8-9(5-10(17-8)11(14)15)6-13-7-12(16)3-2-4-12/h5,13,16H,2-4,6-7H2,1H3,(H,14,15). The predicted octanol–water partition coefficient (Wildman–Crippen LogP) is 1.76. The van der Waals surface area contributed by atoms with Gasteiger partial charge in [-0.05, 0) is 37.8 Å². The first-order chi connectivity index (χ1) is 8.00. The third-order valence-corrected chi connectivity index (χ3v) is 4.37. The summed E-state index contributed by atoms with van der Waals surface area (Å²) in [5, 5.41) is 22.0. The molecule has 1 aromatic heterocycles. The predicted molar refractivity (Wildman–Crippen MR) is 66.5 cm³/mol. The molecule has 0 unspecified atom stereocenters. The molecule has 17 heavy (non-hydrogen) atoms. The van der Waals surface area contributed by atoms with Crippen LogP contribution in [0.2, 0.25) is 0 Å². The zero-order valence-corrected chi connectivity index (χ0v) is 10.6. The van der Waals surface area contributed by atoms with E-state index in [1.54, 1.807) is 6.07 Å². The zero-order valence-electron chi connectivity index (χ0n) is 9.82. The lowest BCUT2D eigenvalue weighted by atomic mass is 9.80. The van der Waals surface area contributed by atoms with Crippen LogP contribution in [0.3, 0.4) is 0 Å². The van der Waals surface area contributed by atoms with E-state index in [4.69, 9.17) is 5.11 Å². The quantitative estimate of drug-likeness (QED) is 0.750. The van der Waals surface area contributed by atoms with Crippen molar-refractivity contribution in [2.24, 2.45) is 0 Å². The monoisotopic (exact) mass is 255 g/mol. The summed E-state index contributed by atoms with van der Waals surface area (Å²) in [4.78, 5) is 12.2. The highest BCUT2D eigenvalue weighted by molar-refractivity contribution is 7.14. The van der Waals surface area contributed by atoms with Gasteiger partial charge in [-0.1, -0.05) is 0 Å². The Morgan fingerprint density at radius 1 is 1.59 bits per heavy atom. The molecule has 94 valence electrons. The van der Waals surface area contributed by atoms with Gasteiger partial charge in [-0.2, -0.15) is 0 Å². The summed E-state index contributed by atoms with van der Waals surface area (Å²) >= 11 is 1.30. The van der Waals surface area contributed by atoms with Crippen molar-refractivity contribution in [1.82, 2.24) is 5.32 Å². The highest BCUT2D eigenvalue weighted by atomic mass is 32.1.